The lowest BCUT2D eigenvalue weighted by Crippen LogP contribution is -2.16. The Balaban J connectivity index is 1.64. The molecule has 0 aliphatic heterocycles. The summed E-state index contributed by atoms with van der Waals surface area (Å²) in [7, 11) is 1.54. The van der Waals surface area contributed by atoms with Gasteiger partial charge in [-0.05, 0) is 44.2 Å². The molecular weight excluding hydrogens is 424 g/mol. The first-order valence-corrected chi connectivity index (χ1v) is 10.8. The predicted molar refractivity (Wildman–Crippen MR) is 119 cm³/mol. The van der Waals surface area contributed by atoms with Crippen molar-refractivity contribution in [3.8, 4) is 11.5 Å². The van der Waals surface area contributed by atoms with Gasteiger partial charge < -0.3 is 19.4 Å². The van der Waals surface area contributed by atoms with Gasteiger partial charge in [0.25, 0.3) is 0 Å². The summed E-state index contributed by atoms with van der Waals surface area (Å²) < 4.78 is 13.2. The number of benzene rings is 2. The molecule has 1 amide bonds. The molecule has 1 atom stereocenters. The van der Waals surface area contributed by atoms with Crippen LogP contribution in [-0.2, 0) is 11.3 Å². The fraction of sp³-hybridized carbons (Fsp3) is 0.286. The summed E-state index contributed by atoms with van der Waals surface area (Å²) in [6.07, 6.45) is -0.279. The number of ether oxygens (including phenoxy) is 2. The van der Waals surface area contributed by atoms with Gasteiger partial charge in [0.1, 0.15) is 11.5 Å². The highest BCUT2D eigenvalue weighted by molar-refractivity contribution is 7.99. The quantitative estimate of drug-likeness (QED) is 0.474. The molecule has 0 radical (unpaired) electrons. The lowest BCUT2D eigenvalue weighted by Gasteiger charge is -2.15. The van der Waals surface area contributed by atoms with Gasteiger partial charge >= 0.3 is 0 Å². The first-order valence-electron chi connectivity index (χ1n) is 9.42. The summed E-state index contributed by atoms with van der Waals surface area (Å²) in [6, 6.07) is 14.6. The Morgan fingerprint density at radius 1 is 1.23 bits per heavy atom. The van der Waals surface area contributed by atoms with Gasteiger partial charge in [0.15, 0.2) is 17.1 Å². The molecule has 30 heavy (non-hydrogen) atoms. The van der Waals surface area contributed by atoms with E-state index in [1.807, 2.05) is 48.7 Å². The van der Waals surface area contributed by atoms with E-state index >= 15 is 0 Å². The number of nitrogens with one attached hydrogen (secondary N) is 1. The van der Waals surface area contributed by atoms with Gasteiger partial charge in [0.05, 0.1) is 18.6 Å². The summed E-state index contributed by atoms with van der Waals surface area (Å²) in [5.41, 5.74) is 0.526. The van der Waals surface area contributed by atoms with Crippen molar-refractivity contribution in [1.82, 2.24) is 14.8 Å². The molecule has 158 valence electrons. The van der Waals surface area contributed by atoms with Crippen LogP contribution in [0.4, 0.5) is 5.69 Å². The molecule has 0 spiro atoms. The third kappa shape index (κ3) is 5.46. The Morgan fingerprint density at radius 2 is 2.00 bits per heavy atom. The molecule has 1 N–H and O–H groups in total. The minimum absolute atomic E-state index is 0.168. The Hall–Kier alpha value is -2.71. The zero-order valence-corrected chi connectivity index (χ0v) is 18.5. The first-order chi connectivity index (χ1) is 14.5. The van der Waals surface area contributed by atoms with Gasteiger partial charge in [-0.25, -0.2) is 0 Å². The van der Waals surface area contributed by atoms with Crippen LogP contribution in [0.5, 0.6) is 11.5 Å². The number of amides is 1. The van der Waals surface area contributed by atoms with Crippen LogP contribution in [0.3, 0.4) is 0 Å². The van der Waals surface area contributed by atoms with Crippen molar-refractivity contribution in [3.05, 3.63) is 59.4 Å². The summed E-state index contributed by atoms with van der Waals surface area (Å²) in [4.78, 5) is 12.4. The van der Waals surface area contributed by atoms with E-state index in [1.165, 1.54) is 18.9 Å². The van der Waals surface area contributed by atoms with E-state index in [0.717, 1.165) is 5.75 Å². The van der Waals surface area contributed by atoms with Crippen LogP contribution in [-0.4, -0.2) is 33.5 Å². The van der Waals surface area contributed by atoms with Crippen LogP contribution in [0.25, 0.3) is 0 Å². The van der Waals surface area contributed by atoms with Gasteiger partial charge in [0.2, 0.25) is 5.91 Å². The van der Waals surface area contributed by atoms with E-state index in [-0.39, 0.29) is 17.8 Å². The lowest BCUT2D eigenvalue weighted by atomic mass is 10.3. The van der Waals surface area contributed by atoms with Crippen LogP contribution in [0.2, 0.25) is 5.02 Å². The molecule has 0 unspecified atom stereocenters. The molecule has 0 saturated heterocycles. The minimum Gasteiger partial charge on any atom is -0.495 e. The van der Waals surface area contributed by atoms with E-state index in [9.17, 15) is 4.79 Å². The van der Waals surface area contributed by atoms with Crippen LogP contribution in [0, 0.1) is 0 Å². The number of halogens is 1. The highest BCUT2D eigenvalue weighted by Crippen LogP contribution is 2.28. The maximum absolute atomic E-state index is 12.4. The molecule has 1 aromatic heterocycles. The van der Waals surface area contributed by atoms with Crippen LogP contribution in [0.1, 0.15) is 25.8 Å². The van der Waals surface area contributed by atoms with Crippen molar-refractivity contribution in [1.29, 1.82) is 0 Å². The third-order valence-corrected chi connectivity index (χ3v) is 5.45. The number of para-hydroxylation sites is 1. The average molecular weight is 447 g/mol. The Labute approximate surface area is 184 Å². The summed E-state index contributed by atoms with van der Waals surface area (Å²) in [5.74, 6) is 1.99. The summed E-state index contributed by atoms with van der Waals surface area (Å²) in [6.45, 7) is 4.59. The van der Waals surface area contributed by atoms with Crippen LogP contribution < -0.4 is 14.8 Å². The Kier molecular flexibility index (Phi) is 7.59. The lowest BCUT2D eigenvalue weighted by molar-refractivity contribution is -0.113. The SMILES string of the molecule is CCn1c(SCC(=O)Nc2cc(Cl)ccc2OC)nnc1[C@H](C)Oc1ccccc1. The van der Waals surface area contributed by atoms with Crippen molar-refractivity contribution >= 4 is 35.0 Å². The molecule has 0 fully saturated rings. The first kappa shape index (κ1) is 22.0. The largest absolute Gasteiger partial charge is 0.495 e. The minimum atomic E-state index is -0.279. The number of aromatic nitrogens is 3. The molecule has 0 saturated carbocycles. The van der Waals surface area contributed by atoms with Crippen molar-refractivity contribution in [2.24, 2.45) is 0 Å². The fourth-order valence-corrected chi connectivity index (χ4v) is 3.84. The number of carbonyl (C=O) groups excluding carboxylic acids is 1. The number of rotatable bonds is 9. The monoisotopic (exact) mass is 446 g/mol. The van der Waals surface area contributed by atoms with E-state index in [4.69, 9.17) is 21.1 Å². The predicted octanol–water partition coefficient (Wildman–Crippen LogP) is 4.83. The number of anilines is 1. The van der Waals surface area contributed by atoms with E-state index in [1.54, 1.807) is 18.2 Å². The van der Waals surface area contributed by atoms with E-state index < -0.39 is 0 Å². The molecule has 1 heterocycles. The van der Waals surface area contributed by atoms with Crippen molar-refractivity contribution in [2.75, 3.05) is 18.2 Å². The molecule has 0 aliphatic rings. The number of carbonyl (C=O) groups is 1. The van der Waals surface area contributed by atoms with Gasteiger partial charge in [0, 0.05) is 11.6 Å². The molecular formula is C21H23ClN4O3S. The zero-order chi connectivity index (χ0) is 21.5. The van der Waals surface area contributed by atoms with Gasteiger partial charge in [-0.15, -0.1) is 10.2 Å². The molecule has 3 rings (SSSR count). The summed E-state index contributed by atoms with van der Waals surface area (Å²) in [5, 5.41) is 12.5. The number of hydrogen-bond acceptors (Lipinski definition) is 6. The average Bonchev–Trinajstić information content (AvgIpc) is 3.16. The van der Waals surface area contributed by atoms with Gasteiger partial charge in [-0.1, -0.05) is 41.6 Å². The zero-order valence-electron chi connectivity index (χ0n) is 17.0. The number of hydrogen-bond donors (Lipinski definition) is 1. The highest BCUT2D eigenvalue weighted by Gasteiger charge is 2.19. The Morgan fingerprint density at radius 3 is 2.70 bits per heavy atom. The third-order valence-electron chi connectivity index (χ3n) is 4.25. The molecule has 2 aromatic carbocycles. The molecule has 3 aromatic rings. The number of nitrogens with zero attached hydrogens (tertiary/aromatic N) is 3. The second kappa shape index (κ2) is 10.4. The van der Waals surface area contributed by atoms with Crippen molar-refractivity contribution in [3.63, 3.8) is 0 Å². The maximum Gasteiger partial charge on any atom is 0.234 e. The number of methoxy groups -OCH3 is 1. The van der Waals surface area contributed by atoms with E-state index in [2.05, 4.69) is 15.5 Å². The fourth-order valence-electron chi connectivity index (χ4n) is 2.85. The second-order valence-electron chi connectivity index (χ2n) is 6.34. The Bertz CT molecular complexity index is 997. The topological polar surface area (TPSA) is 78.3 Å². The molecule has 9 heteroatoms. The van der Waals surface area contributed by atoms with E-state index in [0.29, 0.717) is 34.0 Å². The van der Waals surface area contributed by atoms with Crippen LogP contribution in [0.15, 0.2) is 53.7 Å². The smallest absolute Gasteiger partial charge is 0.234 e. The molecule has 0 bridgehead atoms. The molecule has 7 nitrogen and oxygen atoms in total. The molecule has 0 aliphatic carbocycles. The van der Waals surface area contributed by atoms with Crippen molar-refractivity contribution < 1.29 is 14.3 Å². The van der Waals surface area contributed by atoms with Crippen LogP contribution >= 0.6 is 23.4 Å². The normalized spacial score (nSPS) is 11.7. The van der Waals surface area contributed by atoms with Gasteiger partial charge in [-0.3, -0.25) is 4.79 Å². The standard InChI is InChI=1S/C21H23ClN4O3S/c1-4-26-20(14(2)29-16-8-6-5-7-9-16)24-25-21(26)30-13-19(27)23-17-12-15(22)10-11-18(17)28-3/h5-12,14H,4,13H2,1-3H3,(H,23,27)/t14-/m0/s1. The van der Waals surface area contributed by atoms with Gasteiger partial charge in [-0.2, -0.15) is 0 Å². The second-order valence-corrected chi connectivity index (χ2v) is 7.72. The number of thioether (sulfide) groups is 1. The highest BCUT2D eigenvalue weighted by atomic mass is 35.5. The van der Waals surface area contributed by atoms with Crippen molar-refractivity contribution in [2.45, 2.75) is 31.7 Å². The maximum atomic E-state index is 12.4. The summed E-state index contributed by atoms with van der Waals surface area (Å²) >= 11 is 7.32.